The van der Waals surface area contributed by atoms with Gasteiger partial charge in [-0.1, -0.05) is 111 Å². The van der Waals surface area contributed by atoms with E-state index in [1.54, 1.807) is 6.07 Å². The van der Waals surface area contributed by atoms with Crippen molar-refractivity contribution in [2.75, 3.05) is 4.90 Å². The van der Waals surface area contributed by atoms with Gasteiger partial charge in [0.2, 0.25) is 0 Å². The van der Waals surface area contributed by atoms with Crippen LogP contribution in [0.2, 0.25) is 0 Å². The van der Waals surface area contributed by atoms with Crippen molar-refractivity contribution in [3.8, 4) is 22.8 Å². The van der Waals surface area contributed by atoms with E-state index in [1.807, 2.05) is 53.4 Å². The van der Waals surface area contributed by atoms with Crippen LogP contribution in [0.1, 0.15) is 84.7 Å². The number of nitrogens with one attached hydrogen (secondary N) is 1. The van der Waals surface area contributed by atoms with Crippen LogP contribution in [0.3, 0.4) is 0 Å². The van der Waals surface area contributed by atoms with E-state index in [4.69, 9.17) is 9.97 Å². The van der Waals surface area contributed by atoms with E-state index in [2.05, 4.69) is 96.8 Å². The van der Waals surface area contributed by atoms with Gasteiger partial charge in [0.25, 0.3) is 0 Å². The number of hydrogen-bond donors (Lipinski definition) is 1. The van der Waals surface area contributed by atoms with Gasteiger partial charge in [0.1, 0.15) is 17.2 Å². The molecule has 0 saturated carbocycles. The minimum Gasteiger partial charge on any atom is -0.295 e. The van der Waals surface area contributed by atoms with Crippen LogP contribution in [0.4, 0.5) is 30.4 Å². The van der Waals surface area contributed by atoms with Crippen molar-refractivity contribution in [3.05, 3.63) is 107 Å². The van der Waals surface area contributed by atoms with E-state index >= 15 is 0 Å². The van der Waals surface area contributed by atoms with Gasteiger partial charge in [-0.3, -0.25) is 10.00 Å². The smallest absolute Gasteiger partial charge is 0.295 e. The average Bonchev–Trinajstić information content (AvgIpc) is 3.48. The summed E-state index contributed by atoms with van der Waals surface area (Å²) in [4.78, 5) is 11.8. The lowest BCUT2D eigenvalue weighted by atomic mass is 9.86. The number of aromatic amines is 1. The van der Waals surface area contributed by atoms with Crippen molar-refractivity contribution in [2.24, 2.45) is 0 Å². The number of benzene rings is 3. The summed E-state index contributed by atoms with van der Waals surface area (Å²) >= 11 is 0. The number of aromatic nitrogens is 4. The Morgan fingerprint density at radius 2 is 0.978 bits per heavy atom. The molecule has 5 rings (SSSR count). The van der Waals surface area contributed by atoms with Crippen LogP contribution < -0.4 is 4.90 Å². The first-order valence-electron chi connectivity index (χ1n) is 15.4. The van der Waals surface area contributed by atoms with E-state index in [0.717, 1.165) is 28.6 Å². The molecule has 1 N–H and O–H groups in total. The molecule has 0 saturated heterocycles. The van der Waals surface area contributed by atoms with Gasteiger partial charge >= 0.3 is 6.18 Å². The molecule has 3 aromatic carbocycles. The highest BCUT2D eigenvalue weighted by Crippen LogP contribution is 2.39. The van der Waals surface area contributed by atoms with E-state index in [0.29, 0.717) is 11.6 Å². The summed E-state index contributed by atoms with van der Waals surface area (Å²) in [5, 5.41) is 6.13. The maximum absolute atomic E-state index is 13.6. The van der Waals surface area contributed by atoms with Crippen LogP contribution in [-0.2, 0) is 22.4 Å². The third kappa shape index (κ3) is 7.16. The number of alkyl halides is 3. The highest BCUT2D eigenvalue weighted by molar-refractivity contribution is 5.78. The zero-order chi connectivity index (χ0) is 33.7. The fourth-order valence-corrected chi connectivity index (χ4v) is 5.16. The maximum Gasteiger partial charge on any atom is 0.432 e. The van der Waals surface area contributed by atoms with Crippen LogP contribution >= 0.6 is 0 Å². The molecule has 240 valence electrons. The number of hydrogen-bond acceptors (Lipinski definition) is 4. The molecule has 0 atom stereocenters. The van der Waals surface area contributed by atoms with Gasteiger partial charge in [-0.25, -0.2) is 9.97 Å². The Kier molecular flexibility index (Phi) is 8.39. The molecule has 8 heteroatoms. The second kappa shape index (κ2) is 11.7. The summed E-state index contributed by atoms with van der Waals surface area (Å²) < 4.78 is 40.7. The molecule has 0 aliphatic rings. The zero-order valence-electron chi connectivity index (χ0n) is 28.0. The molecule has 2 aromatic heterocycles. The number of nitrogens with zero attached hydrogens (tertiary/aromatic N) is 4. The summed E-state index contributed by atoms with van der Waals surface area (Å²) in [5.41, 5.74) is 5.24. The molecule has 46 heavy (non-hydrogen) atoms. The van der Waals surface area contributed by atoms with Gasteiger partial charge in [0.05, 0.1) is 5.69 Å². The highest BCUT2D eigenvalue weighted by atomic mass is 19.4. The SMILES string of the molecule is CC(C)(C)c1ccc(-c2nc(-c3cc(C(F)(F)F)[nH]n3)cc(N(c3ccc(C(C)(C)C)cc3)c3ccc(C(C)(C)C)cc3)n2)cc1. The standard InChI is InChI=1S/C38H42F3N5/c1-35(2,3)25-12-10-24(11-13-25)34-42-30(31-22-32(45-44-31)38(39,40)41)23-33(43-34)46(28-18-14-26(15-19-28)36(4,5)6)29-20-16-27(17-21-29)37(7,8)9/h10-23H,1-9H3,(H,44,45). The fraction of sp³-hybridized carbons (Fsp3) is 0.342. The lowest BCUT2D eigenvalue weighted by molar-refractivity contribution is -0.141. The first kappa shape index (κ1) is 32.9. The first-order chi connectivity index (χ1) is 21.3. The van der Waals surface area contributed by atoms with E-state index in [-0.39, 0.29) is 27.6 Å². The fourth-order valence-electron chi connectivity index (χ4n) is 5.16. The van der Waals surface area contributed by atoms with Gasteiger partial charge in [0.15, 0.2) is 5.82 Å². The van der Waals surface area contributed by atoms with E-state index < -0.39 is 11.9 Å². The predicted molar refractivity (Wildman–Crippen MR) is 181 cm³/mol. The molecule has 5 nitrogen and oxygen atoms in total. The van der Waals surface area contributed by atoms with Crippen molar-refractivity contribution in [3.63, 3.8) is 0 Å². The molecule has 0 unspecified atom stereocenters. The summed E-state index contributed by atoms with van der Waals surface area (Å²) in [6.45, 7) is 19.4. The number of anilines is 3. The molecular formula is C38H42F3N5. The van der Waals surface area contributed by atoms with Crippen molar-refractivity contribution in [1.82, 2.24) is 20.2 Å². The third-order valence-corrected chi connectivity index (χ3v) is 8.08. The monoisotopic (exact) mass is 625 g/mol. The van der Waals surface area contributed by atoms with Gasteiger partial charge in [-0.15, -0.1) is 0 Å². The second-order valence-electron chi connectivity index (χ2n) is 14.9. The molecule has 0 aliphatic carbocycles. The Balaban J connectivity index is 1.73. The maximum atomic E-state index is 13.6. The Labute approximate surface area is 269 Å². The topological polar surface area (TPSA) is 57.7 Å². The van der Waals surface area contributed by atoms with Gasteiger partial charge in [-0.05, 0) is 63.3 Å². The molecule has 0 radical (unpaired) electrons. The third-order valence-electron chi connectivity index (χ3n) is 8.08. The normalized spacial score (nSPS) is 12.8. The minimum absolute atomic E-state index is 0.0394. The summed E-state index contributed by atoms with van der Waals surface area (Å²) in [5.74, 6) is 0.885. The minimum atomic E-state index is -4.57. The number of H-pyrrole nitrogens is 1. The van der Waals surface area contributed by atoms with Crippen molar-refractivity contribution >= 4 is 17.2 Å². The van der Waals surface area contributed by atoms with Gasteiger partial charge in [0, 0.05) is 23.0 Å². The van der Waals surface area contributed by atoms with E-state index in [1.165, 1.54) is 11.1 Å². The van der Waals surface area contributed by atoms with Crippen LogP contribution in [0.5, 0.6) is 0 Å². The molecular weight excluding hydrogens is 583 g/mol. The number of halogens is 3. The average molecular weight is 626 g/mol. The molecule has 0 aliphatic heterocycles. The van der Waals surface area contributed by atoms with Crippen molar-refractivity contribution in [2.45, 2.75) is 84.7 Å². The highest BCUT2D eigenvalue weighted by Gasteiger charge is 2.33. The van der Waals surface area contributed by atoms with E-state index in [9.17, 15) is 13.2 Å². The summed E-state index contributed by atoms with van der Waals surface area (Å²) in [6.07, 6.45) is -4.57. The molecule has 0 spiro atoms. The summed E-state index contributed by atoms with van der Waals surface area (Å²) in [6, 6.07) is 27.3. The quantitative estimate of drug-likeness (QED) is 0.211. The largest absolute Gasteiger partial charge is 0.432 e. The Morgan fingerprint density at radius 3 is 1.37 bits per heavy atom. The Bertz CT molecular complexity index is 1740. The lowest BCUT2D eigenvalue weighted by Crippen LogP contribution is -2.16. The summed E-state index contributed by atoms with van der Waals surface area (Å²) in [7, 11) is 0. The van der Waals surface area contributed by atoms with Crippen molar-refractivity contribution in [1.29, 1.82) is 0 Å². The van der Waals surface area contributed by atoms with Crippen LogP contribution in [0.15, 0.2) is 84.9 Å². The van der Waals surface area contributed by atoms with Gasteiger partial charge < -0.3 is 0 Å². The van der Waals surface area contributed by atoms with Crippen LogP contribution in [0.25, 0.3) is 22.8 Å². The van der Waals surface area contributed by atoms with Gasteiger partial charge in [-0.2, -0.15) is 18.3 Å². The van der Waals surface area contributed by atoms with Crippen LogP contribution in [0, 0.1) is 0 Å². The lowest BCUT2D eigenvalue weighted by Gasteiger charge is -2.27. The van der Waals surface area contributed by atoms with Crippen molar-refractivity contribution < 1.29 is 13.2 Å². The molecule has 5 aromatic rings. The molecule has 0 bridgehead atoms. The zero-order valence-corrected chi connectivity index (χ0v) is 28.0. The molecule has 0 amide bonds. The molecule has 2 heterocycles. The Hall–Kier alpha value is -4.46. The van der Waals surface area contributed by atoms with Crippen LogP contribution in [-0.4, -0.2) is 20.2 Å². The predicted octanol–water partition coefficient (Wildman–Crippen LogP) is 10.9. The second-order valence-corrected chi connectivity index (χ2v) is 14.9. The molecule has 0 fully saturated rings. The number of rotatable bonds is 5. The Morgan fingerprint density at radius 1 is 0.543 bits per heavy atom. The first-order valence-corrected chi connectivity index (χ1v) is 15.4.